The summed E-state index contributed by atoms with van der Waals surface area (Å²) in [5.41, 5.74) is 4.11. The summed E-state index contributed by atoms with van der Waals surface area (Å²) in [6.07, 6.45) is 1.14. The van der Waals surface area contributed by atoms with Crippen LogP contribution in [0.3, 0.4) is 0 Å². The Morgan fingerprint density at radius 3 is 2.62 bits per heavy atom. The molecule has 3 atom stereocenters. The number of aryl methyl sites for hydroxylation is 1. The fourth-order valence-electron chi connectivity index (χ4n) is 3.46. The number of benzene rings is 1. The second-order valence-corrected chi connectivity index (χ2v) is 7.27. The van der Waals surface area contributed by atoms with Crippen molar-refractivity contribution in [3.05, 3.63) is 65.0 Å². The van der Waals surface area contributed by atoms with Crippen molar-refractivity contribution in [1.82, 2.24) is 15.6 Å². The molecule has 0 saturated carbocycles. The Kier molecular flexibility index (Phi) is 5.67. The van der Waals surface area contributed by atoms with Crippen molar-refractivity contribution in [1.29, 1.82) is 0 Å². The summed E-state index contributed by atoms with van der Waals surface area (Å²) >= 11 is 0. The van der Waals surface area contributed by atoms with Gasteiger partial charge in [0, 0.05) is 19.2 Å². The zero-order valence-electron chi connectivity index (χ0n) is 15.5. The van der Waals surface area contributed by atoms with Crippen molar-refractivity contribution in [2.75, 3.05) is 6.54 Å². The average molecular weight is 355 g/mol. The topological polar surface area (TPSA) is 54.0 Å². The van der Waals surface area contributed by atoms with E-state index < -0.39 is 12.2 Å². The Morgan fingerprint density at radius 1 is 1.31 bits per heavy atom. The Bertz CT molecular complexity index is 763. The maximum atomic E-state index is 13.4. The summed E-state index contributed by atoms with van der Waals surface area (Å²) in [5, 5.41) is 6.00. The maximum absolute atomic E-state index is 13.4. The molecule has 1 aliphatic rings. The summed E-state index contributed by atoms with van der Waals surface area (Å²) < 4.78 is 13.4. The first-order chi connectivity index (χ1) is 12.5. The van der Waals surface area contributed by atoms with E-state index in [2.05, 4.69) is 36.4 Å². The SMILES string of the molecule is Cc1cc(C(NC(=O)[C@H]2CC(F)CN2)c2ccccc2)ncc1C(C)C. The van der Waals surface area contributed by atoms with Gasteiger partial charge in [-0.3, -0.25) is 9.78 Å². The van der Waals surface area contributed by atoms with Crippen LogP contribution in [-0.4, -0.2) is 29.6 Å². The lowest BCUT2D eigenvalue weighted by molar-refractivity contribution is -0.123. The molecule has 1 aromatic heterocycles. The van der Waals surface area contributed by atoms with Crippen LogP contribution in [0.5, 0.6) is 0 Å². The molecule has 1 saturated heterocycles. The number of aromatic nitrogens is 1. The zero-order chi connectivity index (χ0) is 18.7. The highest BCUT2D eigenvalue weighted by molar-refractivity contribution is 5.83. The lowest BCUT2D eigenvalue weighted by atomic mass is 9.96. The van der Waals surface area contributed by atoms with Gasteiger partial charge in [-0.05, 0) is 35.6 Å². The summed E-state index contributed by atoms with van der Waals surface area (Å²) in [6.45, 7) is 6.57. The summed E-state index contributed by atoms with van der Waals surface area (Å²) in [4.78, 5) is 17.3. The second-order valence-electron chi connectivity index (χ2n) is 7.27. The Labute approximate surface area is 154 Å². The van der Waals surface area contributed by atoms with Gasteiger partial charge in [0.1, 0.15) is 6.17 Å². The van der Waals surface area contributed by atoms with Crippen LogP contribution in [0.1, 0.15) is 54.6 Å². The van der Waals surface area contributed by atoms with E-state index in [1.54, 1.807) is 0 Å². The number of hydrogen-bond donors (Lipinski definition) is 2. The van der Waals surface area contributed by atoms with Gasteiger partial charge in [-0.1, -0.05) is 44.2 Å². The number of halogens is 1. The van der Waals surface area contributed by atoms with Crippen molar-refractivity contribution in [2.45, 2.75) is 51.4 Å². The van der Waals surface area contributed by atoms with Crippen LogP contribution in [0.15, 0.2) is 42.6 Å². The maximum Gasteiger partial charge on any atom is 0.238 e. The third kappa shape index (κ3) is 4.10. The molecule has 2 aromatic rings. The van der Waals surface area contributed by atoms with Gasteiger partial charge in [0.2, 0.25) is 5.91 Å². The van der Waals surface area contributed by atoms with E-state index in [-0.39, 0.29) is 24.9 Å². The van der Waals surface area contributed by atoms with Gasteiger partial charge in [-0.25, -0.2) is 4.39 Å². The smallest absolute Gasteiger partial charge is 0.238 e. The van der Waals surface area contributed by atoms with Crippen LogP contribution in [0.4, 0.5) is 4.39 Å². The Morgan fingerprint density at radius 2 is 2.04 bits per heavy atom. The molecule has 2 heterocycles. The Balaban J connectivity index is 1.89. The number of pyridine rings is 1. The van der Waals surface area contributed by atoms with Gasteiger partial charge in [-0.2, -0.15) is 0 Å². The molecule has 5 heteroatoms. The molecule has 0 spiro atoms. The van der Waals surface area contributed by atoms with Crippen molar-refractivity contribution in [2.24, 2.45) is 0 Å². The molecular weight excluding hydrogens is 329 g/mol. The van der Waals surface area contributed by atoms with E-state index in [1.165, 1.54) is 5.56 Å². The Hall–Kier alpha value is -2.27. The number of nitrogens with one attached hydrogen (secondary N) is 2. The van der Waals surface area contributed by atoms with Gasteiger partial charge in [0.25, 0.3) is 0 Å². The van der Waals surface area contributed by atoms with Crippen LogP contribution in [-0.2, 0) is 4.79 Å². The normalized spacial score (nSPS) is 21.0. The summed E-state index contributed by atoms with van der Waals surface area (Å²) in [6, 6.07) is 10.9. The van der Waals surface area contributed by atoms with Crippen molar-refractivity contribution in [3.63, 3.8) is 0 Å². The predicted molar refractivity (Wildman–Crippen MR) is 101 cm³/mol. The van der Waals surface area contributed by atoms with Gasteiger partial charge in [0.05, 0.1) is 17.8 Å². The molecule has 4 nitrogen and oxygen atoms in total. The monoisotopic (exact) mass is 355 g/mol. The minimum atomic E-state index is -0.966. The van der Waals surface area contributed by atoms with E-state index in [9.17, 15) is 9.18 Å². The quantitative estimate of drug-likeness (QED) is 0.864. The molecule has 3 rings (SSSR count). The number of carbonyl (C=O) groups is 1. The fraction of sp³-hybridized carbons (Fsp3) is 0.429. The molecule has 0 radical (unpaired) electrons. The molecule has 1 aromatic carbocycles. The highest BCUT2D eigenvalue weighted by Gasteiger charge is 2.31. The highest BCUT2D eigenvalue weighted by Crippen LogP contribution is 2.25. The second kappa shape index (κ2) is 7.96. The van der Waals surface area contributed by atoms with E-state index in [4.69, 9.17) is 0 Å². The lowest BCUT2D eigenvalue weighted by Crippen LogP contribution is -2.42. The minimum Gasteiger partial charge on any atom is -0.342 e. The molecule has 1 fully saturated rings. The minimum absolute atomic E-state index is 0.189. The van der Waals surface area contributed by atoms with Crippen LogP contribution < -0.4 is 10.6 Å². The molecule has 0 bridgehead atoms. The first-order valence-electron chi connectivity index (χ1n) is 9.15. The van der Waals surface area contributed by atoms with Crippen molar-refractivity contribution < 1.29 is 9.18 Å². The molecule has 2 unspecified atom stereocenters. The first-order valence-corrected chi connectivity index (χ1v) is 9.15. The highest BCUT2D eigenvalue weighted by atomic mass is 19.1. The zero-order valence-corrected chi connectivity index (χ0v) is 15.5. The van der Waals surface area contributed by atoms with Crippen LogP contribution in [0.25, 0.3) is 0 Å². The molecular formula is C21H26FN3O. The molecule has 138 valence electrons. The van der Waals surface area contributed by atoms with Crippen LogP contribution in [0, 0.1) is 6.92 Å². The number of amides is 1. The van der Waals surface area contributed by atoms with Gasteiger partial charge in [0.15, 0.2) is 0 Å². The number of rotatable bonds is 5. The first kappa shape index (κ1) is 18.5. The van der Waals surface area contributed by atoms with Crippen LogP contribution >= 0.6 is 0 Å². The van der Waals surface area contributed by atoms with Crippen LogP contribution in [0.2, 0.25) is 0 Å². The standard InChI is InChI=1S/C21H26FN3O/c1-13(2)17-12-24-18(9-14(17)3)20(15-7-5-4-6-8-15)25-21(26)19-10-16(22)11-23-19/h4-9,12-13,16,19-20,23H,10-11H2,1-3H3,(H,25,26)/t16?,19-,20?/m1/s1. The van der Waals surface area contributed by atoms with Crippen molar-refractivity contribution >= 4 is 5.91 Å². The number of carbonyl (C=O) groups excluding carboxylic acids is 1. The molecule has 1 aliphatic heterocycles. The molecule has 26 heavy (non-hydrogen) atoms. The largest absolute Gasteiger partial charge is 0.342 e. The molecule has 2 N–H and O–H groups in total. The van der Waals surface area contributed by atoms with Gasteiger partial charge < -0.3 is 10.6 Å². The van der Waals surface area contributed by atoms with E-state index in [0.29, 0.717) is 5.92 Å². The number of nitrogens with zero attached hydrogens (tertiary/aromatic N) is 1. The van der Waals surface area contributed by atoms with E-state index in [0.717, 1.165) is 16.8 Å². The number of hydrogen-bond acceptors (Lipinski definition) is 3. The summed E-state index contributed by atoms with van der Waals surface area (Å²) in [5.74, 6) is 0.205. The van der Waals surface area contributed by atoms with Crippen molar-refractivity contribution in [3.8, 4) is 0 Å². The van der Waals surface area contributed by atoms with Gasteiger partial charge >= 0.3 is 0 Å². The fourth-order valence-corrected chi connectivity index (χ4v) is 3.46. The molecule has 1 amide bonds. The summed E-state index contributed by atoms with van der Waals surface area (Å²) in [7, 11) is 0. The molecule has 0 aliphatic carbocycles. The lowest BCUT2D eigenvalue weighted by Gasteiger charge is -2.22. The predicted octanol–water partition coefficient (Wildman–Crippen LogP) is 3.42. The van der Waals surface area contributed by atoms with E-state index >= 15 is 0 Å². The van der Waals surface area contributed by atoms with Gasteiger partial charge in [-0.15, -0.1) is 0 Å². The third-order valence-electron chi connectivity index (χ3n) is 4.90. The van der Waals surface area contributed by atoms with E-state index in [1.807, 2.05) is 42.6 Å². The third-order valence-corrected chi connectivity index (χ3v) is 4.90. The average Bonchev–Trinajstić information content (AvgIpc) is 3.06. The number of alkyl halides is 1.